The molecule has 138 valence electrons. The molecule has 2 aliphatic carbocycles. The van der Waals surface area contributed by atoms with Crippen LogP contribution in [0.25, 0.3) is 0 Å². The van der Waals surface area contributed by atoms with Gasteiger partial charge in [0.15, 0.2) is 0 Å². The second-order valence-electron chi connectivity index (χ2n) is 8.33. The first kappa shape index (κ1) is 17.2. The minimum atomic E-state index is 0.256. The monoisotopic (exact) mass is 337 g/mol. The van der Waals surface area contributed by atoms with Gasteiger partial charge in [0, 0.05) is 31.6 Å². The third-order valence-electron chi connectivity index (χ3n) is 6.74. The summed E-state index contributed by atoms with van der Waals surface area (Å²) < 4.78 is 0. The fourth-order valence-electron chi connectivity index (χ4n) is 4.80. The molecule has 2 saturated carbocycles. The first-order valence-electron chi connectivity index (χ1n) is 10.2. The molecular formula is C18H35N5O. The van der Waals surface area contributed by atoms with Crippen molar-refractivity contribution in [3.63, 3.8) is 0 Å². The molecule has 0 aromatic heterocycles. The molecule has 6 heteroatoms. The zero-order valence-electron chi connectivity index (χ0n) is 15.0. The number of hydrogen-bond donors (Lipinski definition) is 5. The molecule has 5 N–H and O–H groups in total. The highest BCUT2D eigenvalue weighted by Crippen LogP contribution is 2.36. The number of piperazine rings is 1. The second kappa shape index (κ2) is 7.98. The van der Waals surface area contributed by atoms with Gasteiger partial charge in [0.1, 0.15) is 6.23 Å². The van der Waals surface area contributed by atoms with Gasteiger partial charge in [-0.3, -0.25) is 20.8 Å². The summed E-state index contributed by atoms with van der Waals surface area (Å²) in [5, 5.41) is 14.5. The van der Waals surface area contributed by atoms with Crippen LogP contribution >= 0.6 is 0 Å². The molecule has 4 rings (SSSR count). The van der Waals surface area contributed by atoms with Crippen LogP contribution in [0.2, 0.25) is 0 Å². The molecule has 6 nitrogen and oxygen atoms in total. The van der Waals surface area contributed by atoms with Gasteiger partial charge in [-0.25, -0.2) is 0 Å². The van der Waals surface area contributed by atoms with Crippen LogP contribution in [0.1, 0.15) is 51.9 Å². The molecule has 0 aromatic carbocycles. The molecule has 0 radical (unpaired) electrons. The van der Waals surface area contributed by atoms with Gasteiger partial charge < -0.3 is 5.32 Å². The Hall–Kier alpha value is -0.240. The average molecular weight is 338 g/mol. The topological polar surface area (TPSA) is 69.4 Å². The lowest BCUT2D eigenvalue weighted by molar-refractivity contribution is -0.0344. The van der Waals surface area contributed by atoms with E-state index in [-0.39, 0.29) is 6.23 Å². The first-order chi connectivity index (χ1) is 11.8. The van der Waals surface area contributed by atoms with Crippen molar-refractivity contribution in [2.75, 3.05) is 19.6 Å². The largest absolute Gasteiger partial charge is 0.313 e. The van der Waals surface area contributed by atoms with Gasteiger partial charge in [-0.1, -0.05) is 6.42 Å². The molecule has 4 aliphatic rings. The molecule has 4 atom stereocenters. The summed E-state index contributed by atoms with van der Waals surface area (Å²) in [6.45, 7) is 5.56. The summed E-state index contributed by atoms with van der Waals surface area (Å²) in [7, 11) is 0. The summed E-state index contributed by atoms with van der Waals surface area (Å²) in [5.41, 5.74) is 3.29. The molecule has 24 heavy (non-hydrogen) atoms. The van der Waals surface area contributed by atoms with Gasteiger partial charge in [-0.05, 0) is 57.3 Å². The fourth-order valence-corrected chi connectivity index (χ4v) is 4.80. The molecule has 2 aliphatic heterocycles. The lowest BCUT2D eigenvalue weighted by Crippen LogP contribution is -2.58. The lowest BCUT2D eigenvalue weighted by atomic mass is 9.77. The third-order valence-corrected chi connectivity index (χ3v) is 6.74. The van der Waals surface area contributed by atoms with Crippen molar-refractivity contribution in [2.45, 2.75) is 76.5 Å². The standard InChI is InChI=1S/C18H35N5O/c1-12(21-16-11-19-9-10-20-16)13-5-7-14(8-6-13)17-22-18(24-23-17)15-3-2-4-15/h12-23H,2-11H2,1H3/t12-,13?,14?,16?,17?,18?/m1/s1. The Kier molecular flexibility index (Phi) is 5.71. The SMILES string of the molecule is C[C@@H](NC1CNCCN1)C1CCC(C2NOC(C3CCC3)N2)CC1. The molecule has 2 saturated heterocycles. The highest BCUT2D eigenvalue weighted by molar-refractivity contribution is 4.89. The van der Waals surface area contributed by atoms with Gasteiger partial charge >= 0.3 is 0 Å². The van der Waals surface area contributed by atoms with Crippen LogP contribution < -0.4 is 26.7 Å². The van der Waals surface area contributed by atoms with Gasteiger partial charge in [0.05, 0.1) is 12.3 Å². The molecule has 2 heterocycles. The molecule has 4 fully saturated rings. The van der Waals surface area contributed by atoms with E-state index in [1.54, 1.807) is 0 Å². The lowest BCUT2D eigenvalue weighted by Gasteiger charge is -2.37. The van der Waals surface area contributed by atoms with Crippen LogP contribution in [-0.2, 0) is 4.84 Å². The smallest absolute Gasteiger partial charge is 0.133 e. The Balaban J connectivity index is 1.19. The Morgan fingerprint density at radius 1 is 1.00 bits per heavy atom. The van der Waals surface area contributed by atoms with Crippen molar-refractivity contribution in [3.05, 3.63) is 0 Å². The highest BCUT2D eigenvalue weighted by Gasteiger charge is 2.39. The molecule has 3 unspecified atom stereocenters. The van der Waals surface area contributed by atoms with Crippen molar-refractivity contribution in [1.82, 2.24) is 26.7 Å². The zero-order chi connectivity index (χ0) is 16.4. The van der Waals surface area contributed by atoms with Gasteiger partial charge in [-0.2, -0.15) is 5.48 Å². The van der Waals surface area contributed by atoms with Crippen LogP contribution in [0.15, 0.2) is 0 Å². The Labute approximate surface area is 146 Å². The molecular weight excluding hydrogens is 302 g/mol. The van der Waals surface area contributed by atoms with E-state index in [2.05, 4.69) is 33.7 Å². The maximum Gasteiger partial charge on any atom is 0.133 e. The predicted molar refractivity (Wildman–Crippen MR) is 95.0 cm³/mol. The van der Waals surface area contributed by atoms with E-state index >= 15 is 0 Å². The quantitative estimate of drug-likeness (QED) is 0.513. The van der Waals surface area contributed by atoms with Crippen molar-refractivity contribution < 1.29 is 4.84 Å². The summed E-state index contributed by atoms with van der Waals surface area (Å²) in [4.78, 5) is 5.81. The summed E-state index contributed by atoms with van der Waals surface area (Å²) in [6.07, 6.45) is 10.3. The number of nitrogens with one attached hydrogen (secondary N) is 5. The molecule has 0 aromatic rings. The number of rotatable bonds is 5. The Morgan fingerprint density at radius 3 is 2.50 bits per heavy atom. The summed E-state index contributed by atoms with van der Waals surface area (Å²) >= 11 is 0. The van der Waals surface area contributed by atoms with Crippen molar-refractivity contribution in [1.29, 1.82) is 0 Å². The van der Waals surface area contributed by atoms with E-state index in [9.17, 15) is 0 Å². The van der Waals surface area contributed by atoms with E-state index in [4.69, 9.17) is 4.84 Å². The van der Waals surface area contributed by atoms with Crippen LogP contribution in [0.5, 0.6) is 0 Å². The van der Waals surface area contributed by atoms with E-state index in [0.717, 1.165) is 31.5 Å². The summed E-state index contributed by atoms with van der Waals surface area (Å²) in [6, 6.07) is 0.590. The van der Waals surface area contributed by atoms with Gasteiger partial charge in [0.2, 0.25) is 0 Å². The minimum absolute atomic E-state index is 0.256. The molecule has 0 bridgehead atoms. The zero-order valence-corrected chi connectivity index (χ0v) is 15.0. The number of hydrogen-bond acceptors (Lipinski definition) is 6. The van der Waals surface area contributed by atoms with E-state index < -0.39 is 0 Å². The van der Waals surface area contributed by atoms with Gasteiger partial charge in [-0.15, -0.1) is 0 Å². The predicted octanol–water partition coefficient (Wildman–Crippen LogP) is 0.867. The normalized spacial score (nSPS) is 42.6. The maximum atomic E-state index is 5.81. The first-order valence-corrected chi connectivity index (χ1v) is 10.2. The maximum absolute atomic E-state index is 5.81. The minimum Gasteiger partial charge on any atom is -0.313 e. The van der Waals surface area contributed by atoms with Crippen LogP contribution in [0.4, 0.5) is 0 Å². The summed E-state index contributed by atoms with van der Waals surface area (Å²) in [5.74, 6) is 2.25. The van der Waals surface area contributed by atoms with Crippen LogP contribution in [0, 0.1) is 17.8 Å². The van der Waals surface area contributed by atoms with Gasteiger partial charge in [0.25, 0.3) is 0 Å². The van der Waals surface area contributed by atoms with Crippen molar-refractivity contribution in [2.24, 2.45) is 17.8 Å². The highest BCUT2D eigenvalue weighted by atomic mass is 16.7. The Morgan fingerprint density at radius 2 is 1.83 bits per heavy atom. The van der Waals surface area contributed by atoms with Crippen LogP contribution in [0.3, 0.4) is 0 Å². The fraction of sp³-hybridized carbons (Fsp3) is 1.00. The average Bonchev–Trinajstić information content (AvgIpc) is 3.04. The molecule has 0 amide bonds. The van der Waals surface area contributed by atoms with Crippen molar-refractivity contribution >= 4 is 0 Å². The van der Waals surface area contributed by atoms with E-state index in [1.165, 1.54) is 44.9 Å². The molecule has 0 spiro atoms. The second-order valence-corrected chi connectivity index (χ2v) is 8.33. The third kappa shape index (κ3) is 3.94. The number of hydroxylamine groups is 1. The Bertz CT molecular complexity index is 391. The van der Waals surface area contributed by atoms with Crippen LogP contribution in [-0.4, -0.2) is 44.2 Å². The van der Waals surface area contributed by atoms with Crippen molar-refractivity contribution in [3.8, 4) is 0 Å². The van der Waals surface area contributed by atoms with E-state index in [0.29, 0.717) is 24.3 Å². The van der Waals surface area contributed by atoms with E-state index in [1.807, 2.05) is 0 Å².